The monoisotopic (exact) mass is 400 g/mol. The van der Waals surface area contributed by atoms with E-state index in [2.05, 4.69) is 10.3 Å². The fraction of sp³-hybridized carbons (Fsp3) is 0.450. The average Bonchev–Trinajstić information content (AvgIpc) is 3.28. The first kappa shape index (κ1) is 19.4. The standard InChI is InChI=1S/C20H24N4O5/c1-12-16(19(21)26)17-14(29-12)3-4-15(28-10-13-9-22-23-24(13)2)18(17)20(11-25)5-7-27-8-6-20/h3-4,9,25H,5-8,10-11H2,1-2H3,(H2,21,26). The molecule has 1 amide bonds. The van der Waals surface area contributed by atoms with Crippen LogP contribution in [-0.4, -0.2) is 45.8 Å². The average molecular weight is 400 g/mol. The van der Waals surface area contributed by atoms with Crippen molar-refractivity contribution in [3.63, 3.8) is 0 Å². The summed E-state index contributed by atoms with van der Waals surface area (Å²) in [5.41, 5.74) is 7.45. The summed E-state index contributed by atoms with van der Waals surface area (Å²) in [4.78, 5) is 12.2. The van der Waals surface area contributed by atoms with Gasteiger partial charge in [-0.15, -0.1) is 5.10 Å². The van der Waals surface area contributed by atoms with Gasteiger partial charge in [0.2, 0.25) is 0 Å². The molecule has 1 aliphatic heterocycles. The van der Waals surface area contributed by atoms with Crippen molar-refractivity contribution in [2.45, 2.75) is 31.8 Å². The van der Waals surface area contributed by atoms with E-state index in [0.29, 0.717) is 54.1 Å². The minimum atomic E-state index is -0.627. The Balaban J connectivity index is 1.91. The molecule has 0 atom stereocenters. The van der Waals surface area contributed by atoms with E-state index in [0.717, 1.165) is 11.3 Å². The Morgan fingerprint density at radius 3 is 2.76 bits per heavy atom. The third kappa shape index (κ3) is 3.26. The van der Waals surface area contributed by atoms with Gasteiger partial charge < -0.3 is 24.7 Å². The van der Waals surface area contributed by atoms with Crippen molar-refractivity contribution in [1.29, 1.82) is 0 Å². The highest BCUT2D eigenvalue weighted by atomic mass is 16.5. The van der Waals surface area contributed by atoms with Gasteiger partial charge >= 0.3 is 0 Å². The van der Waals surface area contributed by atoms with E-state index >= 15 is 0 Å². The molecule has 9 nitrogen and oxygen atoms in total. The molecule has 0 bridgehead atoms. The minimum Gasteiger partial charge on any atom is -0.487 e. The van der Waals surface area contributed by atoms with Crippen molar-refractivity contribution in [3.05, 3.63) is 40.9 Å². The molecule has 3 aromatic rings. The molecule has 0 saturated carbocycles. The van der Waals surface area contributed by atoms with E-state index in [9.17, 15) is 9.90 Å². The topological polar surface area (TPSA) is 126 Å². The third-order valence-electron chi connectivity index (χ3n) is 5.71. The molecule has 1 saturated heterocycles. The largest absolute Gasteiger partial charge is 0.487 e. The van der Waals surface area contributed by atoms with Gasteiger partial charge in [-0.05, 0) is 31.9 Å². The number of carbonyl (C=O) groups is 1. The molecule has 2 aromatic heterocycles. The highest BCUT2D eigenvalue weighted by molar-refractivity contribution is 6.08. The van der Waals surface area contributed by atoms with Gasteiger partial charge in [-0.3, -0.25) is 4.79 Å². The van der Waals surface area contributed by atoms with Gasteiger partial charge in [0.25, 0.3) is 5.91 Å². The number of nitrogens with zero attached hydrogens (tertiary/aromatic N) is 3. The lowest BCUT2D eigenvalue weighted by atomic mass is 9.72. The lowest BCUT2D eigenvalue weighted by molar-refractivity contribution is 0.0246. The van der Waals surface area contributed by atoms with Gasteiger partial charge in [-0.1, -0.05) is 5.21 Å². The van der Waals surface area contributed by atoms with Gasteiger partial charge in [-0.25, -0.2) is 4.68 Å². The Hall–Kier alpha value is -2.91. The van der Waals surface area contributed by atoms with E-state index in [-0.39, 0.29) is 13.2 Å². The summed E-state index contributed by atoms with van der Waals surface area (Å²) in [6.07, 6.45) is 2.81. The minimum absolute atomic E-state index is 0.110. The first-order valence-corrected chi connectivity index (χ1v) is 9.48. The number of ether oxygens (including phenoxy) is 2. The number of primary amides is 1. The molecular formula is C20H24N4O5. The highest BCUT2D eigenvalue weighted by Crippen LogP contribution is 2.46. The number of fused-ring (bicyclic) bond motifs is 1. The quantitative estimate of drug-likeness (QED) is 0.643. The zero-order valence-corrected chi connectivity index (χ0v) is 16.5. The second kappa shape index (κ2) is 7.49. The maximum absolute atomic E-state index is 12.2. The normalized spacial score (nSPS) is 16.2. The van der Waals surface area contributed by atoms with Gasteiger partial charge in [0.05, 0.1) is 24.1 Å². The van der Waals surface area contributed by atoms with Crippen LogP contribution in [0.1, 0.15) is 40.2 Å². The van der Waals surface area contributed by atoms with Gasteiger partial charge in [-0.2, -0.15) is 0 Å². The first-order chi connectivity index (χ1) is 14.0. The van der Waals surface area contributed by atoms with Crippen LogP contribution in [0.4, 0.5) is 0 Å². The van der Waals surface area contributed by atoms with Crippen LogP contribution in [0.3, 0.4) is 0 Å². The third-order valence-corrected chi connectivity index (χ3v) is 5.71. The zero-order valence-electron chi connectivity index (χ0n) is 16.5. The molecule has 1 aliphatic rings. The number of carbonyl (C=O) groups excluding carboxylic acids is 1. The summed E-state index contributed by atoms with van der Waals surface area (Å²) < 4.78 is 19.1. The van der Waals surface area contributed by atoms with E-state index in [4.69, 9.17) is 19.6 Å². The van der Waals surface area contributed by atoms with E-state index < -0.39 is 11.3 Å². The molecule has 3 N–H and O–H groups in total. The number of nitrogens with two attached hydrogens (primary N) is 1. The summed E-state index contributed by atoms with van der Waals surface area (Å²) in [6, 6.07) is 3.57. The number of hydrogen-bond donors (Lipinski definition) is 2. The van der Waals surface area contributed by atoms with Crippen molar-refractivity contribution in [3.8, 4) is 5.75 Å². The number of aryl methyl sites for hydroxylation is 2. The fourth-order valence-electron chi connectivity index (χ4n) is 4.08. The molecule has 1 fully saturated rings. The maximum atomic E-state index is 12.2. The molecule has 1 aromatic carbocycles. The van der Waals surface area contributed by atoms with Crippen LogP contribution >= 0.6 is 0 Å². The number of furan rings is 1. The van der Waals surface area contributed by atoms with Crippen molar-refractivity contribution in [1.82, 2.24) is 15.0 Å². The highest BCUT2D eigenvalue weighted by Gasteiger charge is 2.40. The molecule has 0 aliphatic carbocycles. The van der Waals surface area contributed by atoms with E-state index in [1.54, 1.807) is 30.9 Å². The number of aromatic nitrogens is 3. The SMILES string of the molecule is Cc1oc2ccc(OCc3cnnn3C)c(C3(CO)CCOCC3)c2c1C(N)=O. The summed E-state index contributed by atoms with van der Waals surface area (Å²) >= 11 is 0. The van der Waals surface area contributed by atoms with Crippen LogP contribution in [0, 0.1) is 6.92 Å². The maximum Gasteiger partial charge on any atom is 0.252 e. The Morgan fingerprint density at radius 1 is 1.38 bits per heavy atom. The molecule has 0 spiro atoms. The molecule has 3 heterocycles. The predicted octanol–water partition coefficient (Wildman–Crippen LogP) is 1.59. The van der Waals surface area contributed by atoms with Crippen LogP contribution < -0.4 is 10.5 Å². The number of hydrogen-bond acceptors (Lipinski definition) is 7. The number of rotatable bonds is 6. The zero-order chi connectivity index (χ0) is 20.6. The van der Waals surface area contributed by atoms with Gasteiger partial charge in [0.1, 0.15) is 23.7 Å². The Labute approximate surface area is 167 Å². The lowest BCUT2D eigenvalue weighted by Gasteiger charge is -2.37. The van der Waals surface area contributed by atoms with Crippen LogP contribution in [0.5, 0.6) is 5.75 Å². The lowest BCUT2D eigenvalue weighted by Crippen LogP contribution is -2.38. The van der Waals surface area contributed by atoms with Gasteiger partial charge in [0.15, 0.2) is 0 Å². The molecule has 0 unspecified atom stereocenters. The summed E-state index contributed by atoms with van der Waals surface area (Å²) in [5, 5.41) is 18.8. The van der Waals surface area contributed by atoms with Crippen molar-refractivity contribution >= 4 is 16.9 Å². The van der Waals surface area contributed by atoms with Crippen LogP contribution in [0.2, 0.25) is 0 Å². The summed E-state index contributed by atoms with van der Waals surface area (Å²) in [7, 11) is 1.79. The number of aliphatic hydroxyl groups is 1. The smallest absolute Gasteiger partial charge is 0.252 e. The summed E-state index contributed by atoms with van der Waals surface area (Å²) in [6.45, 7) is 2.85. The second-order valence-electron chi connectivity index (χ2n) is 7.40. The molecule has 29 heavy (non-hydrogen) atoms. The van der Waals surface area contributed by atoms with Crippen molar-refractivity contribution < 1.29 is 23.8 Å². The molecule has 154 valence electrons. The van der Waals surface area contributed by atoms with Crippen LogP contribution in [-0.2, 0) is 23.8 Å². The van der Waals surface area contributed by atoms with E-state index in [1.807, 2.05) is 6.07 Å². The van der Waals surface area contributed by atoms with Crippen LogP contribution in [0.25, 0.3) is 11.0 Å². The Kier molecular flexibility index (Phi) is 5.01. The predicted molar refractivity (Wildman–Crippen MR) is 104 cm³/mol. The Morgan fingerprint density at radius 2 is 2.14 bits per heavy atom. The second-order valence-corrected chi connectivity index (χ2v) is 7.40. The summed E-state index contributed by atoms with van der Waals surface area (Å²) in [5.74, 6) is 0.440. The van der Waals surface area contributed by atoms with Gasteiger partial charge in [0, 0.05) is 36.6 Å². The molecular weight excluding hydrogens is 376 g/mol. The van der Waals surface area contributed by atoms with Crippen molar-refractivity contribution in [2.75, 3.05) is 19.8 Å². The molecule has 0 radical (unpaired) electrons. The van der Waals surface area contributed by atoms with Crippen LogP contribution in [0.15, 0.2) is 22.7 Å². The number of aliphatic hydroxyl groups excluding tert-OH is 1. The Bertz CT molecular complexity index is 1050. The van der Waals surface area contributed by atoms with E-state index in [1.165, 1.54) is 0 Å². The fourth-order valence-corrected chi connectivity index (χ4v) is 4.08. The number of benzene rings is 1. The van der Waals surface area contributed by atoms with Crippen molar-refractivity contribution in [2.24, 2.45) is 12.8 Å². The first-order valence-electron chi connectivity index (χ1n) is 9.48. The molecule has 4 rings (SSSR count). The number of amides is 1. The molecule has 9 heteroatoms.